The third-order valence-electron chi connectivity index (χ3n) is 8.91. The maximum atomic E-state index is 14.0. The molecule has 2 aliphatic rings. The third kappa shape index (κ3) is 7.03. The summed E-state index contributed by atoms with van der Waals surface area (Å²) in [6.07, 6.45) is 2.03. The van der Waals surface area contributed by atoms with E-state index in [1.807, 2.05) is 18.0 Å². The van der Waals surface area contributed by atoms with E-state index >= 15 is 0 Å². The summed E-state index contributed by atoms with van der Waals surface area (Å²) >= 11 is 0. The Labute approximate surface area is 268 Å². The number of piperazine rings is 1. The molecule has 0 aliphatic carbocycles. The number of alkyl halides is 3. The van der Waals surface area contributed by atoms with E-state index in [0.29, 0.717) is 36.8 Å². The Morgan fingerprint density at radius 1 is 1.04 bits per heavy atom. The number of benzene rings is 1. The van der Waals surface area contributed by atoms with E-state index in [1.54, 1.807) is 18.2 Å². The van der Waals surface area contributed by atoms with Gasteiger partial charge in [0.1, 0.15) is 23.3 Å². The van der Waals surface area contributed by atoms with E-state index in [9.17, 15) is 22.8 Å². The van der Waals surface area contributed by atoms with Crippen LogP contribution >= 0.6 is 0 Å². The number of ether oxygens (including phenoxy) is 1. The lowest BCUT2D eigenvalue weighted by Gasteiger charge is -2.50. The van der Waals surface area contributed by atoms with Gasteiger partial charge in [-0.1, -0.05) is 38.8 Å². The molecule has 7 nitrogen and oxygen atoms in total. The highest BCUT2D eigenvalue weighted by molar-refractivity contribution is 5.77. The summed E-state index contributed by atoms with van der Waals surface area (Å²) in [5.74, 6) is -0.393. The summed E-state index contributed by atoms with van der Waals surface area (Å²) in [6, 6.07) is 13.7. The van der Waals surface area contributed by atoms with Crippen molar-refractivity contribution in [3.63, 3.8) is 0 Å². The fourth-order valence-corrected chi connectivity index (χ4v) is 6.37. The molecule has 0 amide bonds. The van der Waals surface area contributed by atoms with Crippen LogP contribution in [-0.4, -0.2) is 64.8 Å². The maximum Gasteiger partial charge on any atom is 0.417 e. The molecule has 244 valence electrons. The summed E-state index contributed by atoms with van der Waals surface area (Å²) in [6.45, 7) is 8.08. The van der Waals surface area contributed by atoms with Gasteiger partial charge in [-0.2, -0.15) is 18.4 Å². The van der Waals surface area contributed by atoms with Gasteiger partial charge in [-0.05, 0) is 67.8 Å². The molecule has 2 aromatic heterocycles. The second-order valence-electron chi connectivity index (χ2n) is 12.0. The molecule has 0 bridgehead atoms. The molecule has 4 atom stereocenters. The van der Waals surface area contributed by atoms with Crippen molar-refractivity contribution < 1.29 is 22.3 Å². The van der Waals surface area contributed by atoms with Gasteiger partial charge >= 0.3 is 6.18 Å². The molecule has 3 aromatic rings. The molecule has 1 saturated heterocycles. The Balaban J connectivity index is 1.51. The number of likely N-dealkylation sites (N-methyl/N-ethyl adjacent to an activating group) is 1. The molecule has 4 heterocycles. The number of rotatable bonds is 10. The molecule has 11 heteroatoms. The van der Waals surface area contributed by atoms with Crippen molar-refractivity contribution in [2.75, 3.05) is 31.6 Å². The molecule has 46 heavy (non-hydrogen) atoms. The Hall–Kier alpha value is -4.01. The highest BCUT2D eigenvalue weighted by Crippen LogP contribution is 2.40. The quantitative estimate of drug-likeness (QED) is 0.170. The summed E-state index contributed by atoms with van der Waals surface area (Å²) in [7, 11) is 1.96. The standard InChI is InChI=1S/C35H40F4N6O/c1-5-7-8-17-46-32-18-31(33-30(43(32)4)16-14-27(19-40)42-33)45-21-23(3)44(22-28(45)6-2)34(24-9-12-26(36)13-10-24)29-15-11-25(20-41-29)35(37,38)39/h9-16,18,20,23,28,32,34H,5-8,17,21-22H2,1-4H3/t23-,28+,32?,34?/m1/s1. The van der Waals surface area contributed by atoms with E-state index in [2.05, 4.69) is 47.7 Å². The molecule has 0 spiro atoms. The van der Waals surface area contributed by atoms with Crippen molar-refractivity contribution in [1.82, 2.24) is 19.8 Å². The number of fused-ring (bicyclic) bond motifs is 1. The number of unbranched alkanes of at least 4 members (excludes halogenated alkanes) is 2. The zero-order valence-electron chi connectivity index (χ0n) is 26.6. The largest absolute Gasteiger partial charge is 0.417 e. The van der Waals surface area contributed by atoms with Crippen molar-refractivity contribution in [2.45, 2.75) is 77.0 Å². The monoisotopic (exact) mass is 636 g/mol. The molecule has 5 rings (SSSR count). The van der Waals surface area contributed by atoms with Crippen LogP contribution in [0.4, 0.5) is 23.2 Å². The first-order chi connectivity index (χ1) is 22.0. The van der Waals surface area contributed by atoms with Gasteiger partial charge < -0.3 is 14.5 Å². The summed E-state index contributed by atoms with van der Waals surface area (Å²) < 4.78 is 60.5. The molecule has 1 aromatic carbocycles. The highest BCUT2D eigenvalue weighted by atomic mass is 19.4. The first-order valence-electron chi connectivity index (χ1n) is 15.8. The Morgan fingerprint density at radius 2 is 1.80 bits per heavy atom. The van der Waals surface area contributed by atoms with E-state index in [-0.39, 0.29) is 18.3 Å². The molecular weight excluding hydrogens is 596 g/mol. The normalized spacial score (nSPS) is 21.0. The van der Waals surface area contributed by atoms with Crippen LogP contribution in [0.15, 0.2) is 60.8 Å². The second kappa shape index (κ2) is 14.2. The van der Waals surface area contributed by atoms with Gasteiger partial charge in [0, 0.05) is 45.0 Å². The molecule has 0 N–H and O–H groups in total. The van der Waals surface area contributed by atoms with Gasteiger partial charge in [0.2, 0.25) is 0 Å². The van der Waals surface area contributed by atoms with Gasteiger partial charge in [0.05, 0.1) is 28.7 Å². The van der Waals surface area contributed by atoms with E-state index in [1.165, 1.54) is 18.2 Å². The lowest BCUT2D eigenvalue weighted by Crippen LogP contribution is -2.58. The third-order valence-corrected chi connectivity index (χ3v) is 8.91. The second-order valence-corrected chi connectivity index (χ2v) is 12.0. The van der Waals surface area contributed by atoms with Crippen LogP contribution in [0, 0.1) is 17.1 Å². The van der Waals surface area contributed by atoms with Gasteiger partial charge in [0.25, 0.3) is 0 Å². The Morgan fingerprint density at radius 3 is 2.43 bits per heavy atom. The van der Waals surface area contributed by atoms with Crippen LogP contribution in [0.3, 0.4) is 0 Å². The van der Waals surface area contributed by atoms with Crippen LogP contribution in [0.5, 0.6) is 0 Å². The summed E-state index contributed by atoms with van der Waals surface area (Å²) in [5, 5.41) is 9.67. The van der Waals surface area contributed by atoms with Gasteiger partial charge in [-0.15, -0.1) is 0 Å². The highest BCUT2D eigenvalue weighted by Gasteiger charge is 2.40. The minimum atomic E-state index is -4.50. The van der Waals surface area contributed by atoms with Gasteiger partial charge in [0.15, 0.2) is 6.23 Å². The van der Waals surface area contributed by atoms with Crippen molar-refractivity contribution in [3.05, 3.63) is 94.8 Å². The van der Waals surface area contributed by atoms with Crippen molar-refractivity contribution in [2.24, 2.45) is 0 Å². The number of nitriles is 1. The van der Waals surface area contributed by atoms with Crippen LogP contribution in [0.2, 0.25) is 0 Å². The Bertz CT molecular complexity index is 1550. The summed E-state index contributed by atoms with van der Waals surface area (Å²) in [5.41, 5.74) is 3.20. The predicted octanol–water partition coefficient (Wildman–Crippen LogP) is 7.40. The topological polar surface area (TPSA) is 68.5 Å². The number of nitrogens with zero attached hydrogens (tertiary/aromatic N) is 6. The lowest BCUT2D eigenvalue weighted by molar-refractivity contribution is -0.137. The van der Waals surface area contributed by atoms with E-state index < -0.39 is 23.6 Å². The first kappa shape index (κ1) is 33.4. The number of anilines is 1. The predicted molar refractivity (Wildman–Crippen MR) is 169 cm³/mol. The summed E-state index contributed by atoms with van der Waals surface area (Å²) in [4.78, 5) is 15.6. The number of pyridine rings is 2. The molecule has 1 fully saturated rings. The molecule has 0 saturated carbocycles. The number of aromatic nitrogens is 2. The average molecular weight is 637 g/mol. The zero-order chi connectivity index (χ0) is 33.0. The minimum absolute atomic E-state index is 0.00983. The maximum absolute atomic E-state index is 14.0. The lowest BCUT2D eigenvalue weighted by atomic mass is 9.94. The number of halogens is 4. The van der Waals surface area contributed by atoms with Crippen LogP contribution < -0.4 is 4.90 Å². The van der Waals surface area contributed by atoms with Crippen LogP contribution in [0.1, 0.15) is 80.7 Å². The Kier molecular flexibility index (Phi) is 10.3. The van der Waals surface area contributed by atoms with Crippen LogP contribution in [-0.2, 0) is 10.9 Å². The van der Waals surface area contributed by atoms with E-state index in [0.717, 1.165) is 54.9 Å². The molecule has 2 unspecified atom stereocenters. The SMILES string of the molecule is CCCCCOC1C=C(N2C[C@@H](C)N(C(c3ccc(F)cc3)c3ccc(C(F)(F)F)cn3)C[C@@H]2CC)c2nc(C#N)ccc2N1C. The van der Waals surface area contributed by atoms with Crippen molar-refractivity contribution >= 4 is 11.4 Å². The number of hydrogen-bond acceptors (Lipinski definition) is 7. The van der Waals surface area contributed by atoms with E-state index in [4.69, 9.17) is 9.72 Å². The van der Waals surface area contributed by atoms with Gasteiger partial charge in [-0.3, -0.25) is 9.88 Å². The van der Waals surface area contributed by atoms with Crippen molar-refractivity contribution in [1.29, 1.82) is 5.26 Å². The smallest absolute Gasteiger partial charge is 0.364 e. The molecule has 2 aliphatic heterocycles. The van der Waals surface area contributed by atoms with Gasteiger partial charge in [-0.25, -0.2) is 9.37 Å². The fraction of sp³-hybridized carbons (Fsp3) is 0.457. The minimum Gasteiger partial charge on any atom is -0.364 e. The molecular formula is C35H40F4N6O. The zero-order valence-corrected chi connectivity index (χ0v) is 26.6. The molecule has 0 radical (unpaired) electrons. The van der Waals surface area contributed by atoms with Crippen molar-refractivity contribution in [3.8, 4) is 6.07 Å². The number of hydrogen-bond donors (Lipinski definition) is 0. The fourth-order valence-electron chi connectivity index (χ4n) is 6.37. The average Bonchev–Trinajstić information content (AvgIpc) is 3.05. The van der Waals surface area contributed by atoms with Crippen LogP contribution in [0.25, 0.3) is 5.70 Å². The first-order valence-corrected chi connectivity index (χ1v) is 15.8.